The van der Waals surface area contributed by atoms with Gasteiger partial charge in [-0.1, -0.05) is 18.6 Å². The Bertz CT molecular complexity index is 1310. The molecule has 1 aliphatic heterocycles. The molecule has 35 heavy (non-hydrogen) atoms. The fourth-order valence-corrected chi connectivity index (χ4v) is 6.69. The molecular weight excluding hydrogens is 449 g/mol. The van der Waals surface area contributed by atoms with E-state index in [2.05, 4.69) is 0 Å². The van der Waals surface area contributed by atoms with E-state index in [1.54, 1.807) is 6.07 Å². The molecule has 7 nitrogen and oxygen atoms in total. The van der Waals surface area contributed by atoms with Gasteiger partial charge in [0.25, 0.3) is 6.01 Å². The number of nitrogens with zero attached hydrogens (tertiary/aromatic N) is 3. The molecule has 2 saturated carbocycles. The van der Waals surface area contributed by atoms with Gasteiger partial charge in [-0.15, -0.1) is 0 Å². The third-order valence-electron chi connectivity index (χ3n) is 8.56. The van der Waals surface area contributed by atoms with Crippen LogP contribution in [0.1, 0.15) is 57.1 Å². The van der Waals surface area contributed by atoms with E-state index in [0.717, 1.165) is 60.7 Å². The number of fused-ring (bicyclic) bond motifs is 2. The fraction of sp³-hybridized carbons (Fsp3) is 0.519. The molecule has 3 aromatic rings. The first-order valence-corrected chi connectivity index (χ1v) is 12.6. The molecule has 1 saturated heterocycles. The van der Waals surface area contributed by atoms with Crippen LogP contribution in [0.5, 0.6) is 0 Å². The summed E-state index contributed by atoms with van der Waals surface area (Å²) in [4.78, 5) is 27.6. The van der Waals surface area contributed by atoms with E-state index in [-0.39, 0.29) is 29.2 Å². The molecule has 0 spiro atoms. The van der Waals surface area contributed by atoms with E-state index in [4.69, 9.17) is 9.52 Å². The summed E-state index contributed by atoms with van der Waals surface area (Å²) in [5.74, 6) is -0.483. The average Bonchev–Trinajstić information content (AvgIpc) is 3.35. The number of amides is 1. The normalized spacial score (nSPS) is 25.4. The monoisotopic (exact) mass is 479 g/mol. The smallest absolute Gasteiger partial charge is 0.306 e. The highest BCUT2D eigenvalue weighted by atomic mass is 19.1. The number of benzene rings is 1. The molecule has 0 radical (unpaired) electrons. The second-order valence-corrected chi connectivity index (χ2v) is 10.6. The Kier molecular flexibility index (Phi) is 5.23. The average molecular weight is 480 g/mol. The zero-order chi connectivity index (χ0) is 24.3. The summed E-state index contributed by atoms with van der Waals surface area (Å²) in [5, 5.41) is 15.5. The van der Waals surface area contributed by atoms with Crippen molar-refractivity contribution < 1.29 is 23.5 Å². The molecule has 1 amide bonds. The third kappa shape index (κ3) is 3.65. The van der Waals surface area contributed by atoms with Crippen LogP contribution in [0.4, 0.5) is 4.39 Å². The molecule has 3 unspecified atom stereocenters. The Labute approximate surface area is 202 Å². The van der Waals surface area contributed by atoms with Gasteiger partial charge < -0.3 is 14.4 Å². The first-order chi connectivity index (χ1) is 16.9. The number of hydrogen-bond donors (Lipinski definition) is 1. The van der Waals surface area contributed by atoms with E-state index in [9.17, 15) is 19.1 Å². The number of carboxylic acids is 1. The van der Waals surface area contributed by atoms with Gasteiger partial charge in [-0.2, -0.15) is 9.49 Å². The number of likely N-dealkylation sites (tertiary alicyclic amines) is 1. The van der Waals surface area contributed by atoms with Gasteiger partial charge in [0, 0.05) is 48.5 Å². The van der Waals surface area contributed by atoms with Crippen LogP contribution in [0.2, 0.25) is 0 Å². The lowest BCUT2D eigenvalue weighted by atomic mass is 9.71. The Hall–Kier alpha value is -3.16. The molecular formula is C27H30FN3O4. The SMILES string of the molecule is Cn1nc(C2(CC(=O)N3CCCC4C(C(=O)O)CCCC43)CC2)c2c(-c3ccc(F)o3)cccc21. The fourth-order valence-electron chi connectivity index (χ4n) is 6.69. The van der Waals surface area contributed by atoms with Gasteiger partial charge in [-0.05, 0) is 56.6 Å². The van der Waals surface area contributed by atoms with Crippen LogP contribution < -0.4 is 0 Å². The van der Waals surface area contributed by atoms with Crippen molar-refractivity contribution in [2.75, 3.05) is 6.54 Å². The molecule has 1 N–H and O–H groups in total. The molecule has 8 heteroatoms. The maximum atomic E-state index is 13.7. The minimum absolute atomic E-state index is 0.0176. The number of aliphatic carboxylic acids is 1. The number of carbonyl (C=O) groups is 2. The van der Waals surface area contributed by atoms with E-state index in [0.29, 0.717) is 25.1 Å². The van der Waals surface area contributed by atoms with Crippen molar-refractivity contribution in [1.29, 1.82) is 0 Å². The minimum atomic E-state index is -0.727. The number of aromatic nitrogens is 2. The van der Waals surface area contributed by atoms with E-state index < -0.39 is 12.0 Å². The van der Waals surface area contributed by atoms with Gasteiger partial charge in [0.1, 0.15) is 5.76 Å². The Morgan fingerprint density at radius 3 is 2.71 bits per heavy atom. The summed E-state index contributed by atoms with van der Waals surface area (Å²) in [7, 11) is 1.89. The molecule has 3 fully saturated rings. The van der Waals surface area contributed by atoms with Crippen LogP contribution in [0.15, 0.2) is 34.7 Å². The van der Waals surface area contributed by atoms with E-state index >= 15 is 0 Å². The quantitative estimate of drug-likeness (QED) is 0.563. The molecule has 3 aliphatic rings. The number of carboxylic acid groups (broad SMARTS) is 1. The molecule has 3 heterocycles. The maximum absolute atomic E-state index is 13.7. The zero-order valence-corrected chi connectivity index (χ0v) is 19.9. The highest BCUT2D eigenvalue weighted by Crippen LogP contribution is 2.54. The van der Waals surface area contributed by atoms with Gasteiger partial charge >= 0.3 is 5.97 Å². The van der Waals surface area contributed by atoms with E-state index in [1.807, 2.05) is 34.8 Å². The van der Waals surface area contributed by atoms with Crippen LogP contribution in [0.3, 0.4) is 0 Å². The second-order valence-electron chi connectivity index (χ2n) is 10.6. The number of piperidine rings is 1. The van der Waals surface area contributed by atoms with Crippen molar-refractivity contribution in [3.8, 4) is 11.3 Å². The number of carbonyl (C=O) groups excluding carboxylic acids is 1. The van der Waals surface area contributed by atoms with Crippen molar-refractivity contribution in [2.24, 2.45) is 18.9 Å². The number of rotatable bonds is 5. The number of halogens is 1. The van der Waals surface area contributed by atoms with Crippen LogP contribution in [0.25, 0.3) is 22.2 Å². The molecule has 184 valence electrons. The summed E-state index contributed by atoms with van der Waals surface area (Å²) >= 11 is 0. The van der Waals surface area contributed by atoms with Crippen LogP contribution in [-0.2, 0) is 22.1 Å². The van der Waals surface area contributed by atoms with Gasteiger partial charge in [-0.3, -0.25) is 14.3 Å². The minimum Gasteiger partial charge on any atom is -0.481 e. The summed E-state index contributed by atoms with van der Waals surface area (Å²) < 4.78 is 20.8. The van der Waals surface area contributed by atoms with Crippen molar-refractivity contribution in [3.05, 3.63) is 42.0 Å². The predicted molar refractivity (Wildman–Crippen MR) is 127 cm³/mol. The lowest BCUT2D eigenvalue weighted by molar-refractivity contribution is -0.152. The third-order valence-corrected chi connectivity index (χ3v) is 8.56. The van der Waals surface area contributed by atoms with Gasteiger partial charge in [-0.25, -0.2) is 0 Å². The largest absolute Gasteiger partial charge is 0.481 e. The lowest BCUT2D eigenvalue weighted by Crippen LogP contribution is -2.53. The first-order valence-electron chi connectivity index (χ1n) is 12.6. The van der Waals surface area contributed by atoms with Gasteiger partial charge in [0.2, 0.25) is 5.91 Å². The number of furan rings is 1. The molecule has 1 aromatic carbocycles. The van der Waals surface area contributed by atoms with Crippen LogP contribution in [0, 0.1) is 17.8 Å². The molecule has 2 aliphatic carbocycles. The predicted octanol–water partition coefficient (Wildman–Crippen LogP) is 4.89. The highest BCUT2D eigenvalue weighted by Gasteiger charge is 2.51. The summed E-state index contributed by atoms with van der Waals surface area (Å²) in [6.07, 6.45) is 6.26. The van der Waals surface area contributed by atoms with Gasteiger partial charge in [0.15, 0.2) is 0 Å². The van der Waals surface area contributed by atoms with Gasteiger partial charge in [0.05, 0.1) is 17.1 Å². The van der Waals surface area contributed by atoms with Crippen molar-refractivity contribution in [1.82, 2.24) is 14.7 Å². The Morgan fingerprint density at radius 2 is 2.00 bits per heavy atom. The standard InChI is InChI=1S/C27H30FN3O4/c1-30-20-9-3-6-18(21-10-11-22(28)35-21)24(20)25(29-30)27(12-13-27)15-23(32)31-14-4-7-16-17(26(33)34)5-2-8-19(16)31/h3,6,9-11,16-17,19H,2,4-5,7-8,12-15H2,1H3,(H,33,34). The molecule has 6 rings (SSSR count). The van der Waals surface area contributed by atoms with Crippen molar-refractivity contribution >= 4 is 22.8 Å². The second kappa shape index (κ2) is 8.21. The number of hydrogen-bond acceptors (Lipinski definition) is 4. The molecule has 2 aromatic heterocycles. The lowest BCUT2D eigenvalue weighted by Gasteiger charge is -2.46. The van der Waals surface area contributed by atoms with Crippen molar-refractivity contribution in [3.63, 3.8) is 0 Å². The highest BCUT2D eigenvalue weighted by molar-refractivity contribution is 5.97. The van der Waals surface area contributed by atoms with Crippen LogP contribution >= 0.6 is 0 Å². The summed E-state index contributed by atoms with van der Waals surface area (Å²) in [5.41, 5.74) is 2.22. The van der Waals surface area contributed by atoms with Crippen LogP contribution in [-0.4, -0.2) is 44.3 Å². The maximum Gasteiger partial charge on any atom is 0.306 e. The summed E-state index contributed by atoms with van der Waals surface area (Å²) in [6, 6.07) is 8.12. The zero-order valence-electron chi connectivity index (χ0n) is 19.9. The number of aryl methyl sites for hydroxylation is 1. The topological polar surface area (TPSA) is 88.6 Å². The van der Waals surface area contributed by atoms with E-state index in [1.165, 1.54) is 6.07 Å². The first kappa shape index (κ1) is 22.3. The molecule has 0 bridgehead atoms. The van der Waals surface area contributed by atoms with Crippen molar-refractivity contribution in [2.45, 2.75) is 62.8 Å². The Morgan fingerprint density at radius 1 is 1.17 bits per heavy atom. The summed E-state index contributed by atoms with van der Waals surface area (Å²) in [6.45, 7) is 0.697. The Balaban J connectivity index is 1.33. The molecule has 3 atom stereocenters.